The van der Waals surface area contributed by atoms with Gasteiger partial charge in [0.1, 0.15) is 5.82 Å². The average molecular weight is 277 g/mol. The molecule has 0 radical (unpaired) electrons. The molecule has 0 saturated heterocycles. The van der Waals surface area contributed by atoms with E-state index in [-0.39, 0.29) is 18.1 Å². The molecule has 5 heteroatoms. The number of aliphatic hydroxyl groups excluding tert-OH is 1. The number of benzene rings is 1. The van der Waals surface area contributed by atoms with Crippen molar-refractivity contribution in [1.29, 1.82) is 0 Å². The zero-order valence-corrected chi connectivity index (χ0v) is 10.9. The Morgan fingerprint density at radius 1 is 1.30 bits per heavy atom. The molecule has 1 heterocycles. The second-order valence-corrected chi connectivity index (χ2v) is 4.51. The van der Waals surface area contributed by atoms with Crippen LogP contribution in [-0.2, 0) is 11.2 Å². The van der Waals surface area contributed by atoms with Crippen LogP contribution in [0.25, 0.3) is 0 Å². The fraction of sp³-hybridized carbons (Fsp3) is 0.267. The van der Waals surface area contributed by atoms with E-state index in [2.05, 4.69) is 5.32 Å². The third-order valence-electron chi connectivity index (χ3n) is 2.95. The molecule has 0 aliphatic carbocycles. The molecular formula is C15H16FNO3. The van der Waals surface area contributed by atoms with E-state index in [0.717, 1.165) is 5.56 Å². The molecule has 0 spiro atoms. The van der Waals surface area contributed by atoms with Crippen LogP contribution >= 0.6 is 0 Å². The fourth-order valence-corrected chi connectivity index (χ4v) is 1.83. The van der Waals surface area contributed by atoms with E-state index < -0.39 is 6.10 Å². The van der Waals surface area contributed by atoms with Crippen LogP contribution in [0.3, 0.4) is 0 Å². The highest BCUT2D eigenvalue weighted by Crippen LogP contribution is 2.15. The average Bonchev–Trinajstić information content (AvgIpc) is 2.95. The van der Waals surface area contributed by atoms with E-state index in [1.54, 1.807) is 18.2 Å². The topological polar surface area (TPSA) is 62.5 Å². The molecule has 4 nitrogen and oxygen atoms in total. The third-order valence-corrected chi connectivity index (χ3v) is 2.95. The van der Waals surface area contributed by atoms with Crippen LogP contribution in [0.4, 0.5) is 4.39 Å². The molecular weight excluding hydrogens is 261 g/mol. The van der Waals surface area contributed by atoms with Gasteiger partial charge in [-0.15, -0.1) is 0 Å². The van der Waals surface area contributed by atoms with Crippen molar-refractivity contribution in [2.75, 3.05) is 6.54 Å². The summed E-state index contributed by atoms with van der Waals surface area (Å²) in [5.74, 6) is -0.478. The maximum absolute atomic E-state index is 12.7. The highest BCUT2D eigenvalue weighted by atomic mass is 19.1. The predicted molar refractivity (Wildman–Crippen MR) is 71.4 cm³/mol. The number of rotatable bonds is 6. The third kappa shape index (κ3) is 4.20. The Bertz CT molecular complexity index is 537. The molecule has 1 atom stereocenters. The fourth-order valence-electron chi connectivity index (χ4n) is 1.83. The minimum absolute atomic E-state index is 0.156. The Kier molecular flexibility index (Phi) is 4.90. The molecule has 1 amide bonds. The van der Waals surface area contributed by atoms with Crippen molar-refractivity contribution >= 4 is 5.91 Å². The Morgan fingerprint density at radius 2 is 2.05 bits per heavy atom. The van der Waals surface area contributed by atoms with Crippen LogP contribution in [-0.4, -0.2) is 17.6 Å². The molecule has 1 aromatic carbocycles. The van der Waals surface area contributed by atoms with Gasteiger partial charge in [0.2, 0.25) is 5.91 Å². The number of hydrogen-bond donors (Lipinski definition) is 2. The summed E-state index contributed by atoms with van der Waals surface area (Å²) in [6, 6.07) is 7.49. The van der Waals surface area contributed by atoms with Gasteiger partial charge in [-0.25, -0.2) is 4.39 Å². The largest absolute Gasteiger partial charge is 0.472 e. The minimum Gasteiger partial charge on any atom is -0.472 e. The molecule has 106 valence electrons. The molecule has 20 heavy (non-hydrogen) atoms. The van der Waals surface area contributed by atoms with E-state index in [1.165, 1.54) is 24.7 Å². The first-order chi connectivity index (χ1) is 9.65. The van der Waals surface area contributed by atoms with E-state index in [1.807, 2.05) is 0 Å². The van der Waals surface area contributed by atoms with Gasteiger partial charge in [-0.05, 0) is 30.2 Å². The summed E-state index contributed by atoms with van der Waals surface area (Å²) in [4.78, 5) is 11.7. The van der Waals surface area contributed by atoms with Gasteiger partial charge in [-0.3, -0.25) is 4.79 Å². The number of aliphatic hydroxyl groups is 1. The predicted octanol–water partition coefficient (Wildman–Crippen LogP) is 2.20. The van der Waals surface area contributed by atoms with Crippen molar-refractivity contribution in [3.63, 3.8) is 0 Å². The summed E-state index contributed by atoms with van der Waals surface area (Å²) in [6.45, 7) is 0.367. The molecule has 1 unspecified atom stereocenters. The maximum atomic E-state index is 12.7. The van der Waals surface area contributed by atoms with Gasteiger partial charge in [-0.1, -0.05) is 12.1 Å². The highest BCUT2D eigenvalue weighted by Gasteiger charge is 2.09. The molecule has 2 aromatic rings. The van der Waals surface area contributed by atoms with Gasteiger partial charge in [0, 0.05) is 12.1 Å². The first-order valence-corrected chi connectivity index (χ1v) is 6.36. The molecule has 0 fully saturated rings. The molecule has 0 aliphatic heterocycles. The molecule has 0 saturated carbocycles. The zero-order valence-electron chi connectivity index (χ0n) is 10.9. The lowest BCUT2D eigenvalue weighted by molar-refractivity contribution is -0.120. The van der Waals surface area contributed by atoms with Crippen LogP contribution in [0.15, 0.2) is 47.3 Å². The Hall–Kier alpha value is -2.14. The number of amides is 1. The van der Waals surface area contributed by atoms with Gasteiger partial charge in [-0.2, -0.15) is 0 Å². The van der Waals surface area contributed by atoms with Crippen LogP contribution in [0, 0.1) is 5.82 Å². The van der Waals surface area contributed by atoms with Gasteiger partial charge < -0.3 is 14.8 Å². The van der Waals surface area contributed by atoms with Crippen molar-refractivity contribution in [2.24, 2.45) is 0 Å². The number of halogens is 1. The van der Waals surface area contributed by atoms with Crippen LogP contribution in [0.5, 0.6) is 0 Å². The quantitative estimate of drug-likeness (QED) is 0.851. The number of carbonyl (C=O) groups excluding carboxylic acids is 1. The standard InChI is InChI=1S/C15H16FNO3/c16-13-3-1-11(2-4-13)9-15(19)17-7-5-14(18)12-6-8-20-10-12/h1-4,6,8,10,14,18H,5,7,9H2,(H,17,19). The monoisotopic (exact) mass is 277 g/mol. The van der Waals surface area contributed by atoms with Gasteiger partial charge in [0.15, 0.2) is 0 Å². The summed E-state index contributed by atoms with van der Waals surface area (Å²) < 4.78 is 17.6. The van der Waals surface area contributed by atoms with Crippen LogP contribution in [0.1, 0.15) is 23.7 Å². The summed E-state index contributed by atoms with van der Waals surface area (Å²) in [5.41, 5.74) is 1.44. The molecule has 2 N–H and O–H groups in total. The molecule has 1 aromatic heterocycles. The van der Waals surface area contributed by atoms with Crippen LogP contribution < -0.4 is 5.32 Å². The number of nitrogens with one attached hydrogen (secondary N) is 1. The lowest BCUT2D eigenvalue weighted by atomic mass is 10.1. The van der Waals surface area contributed by atoms with Crippen molar-refractivity contribution in [3.05, 3.63) is 59.8 Å². The van der Waals surface area contributed by atoms with E-state index >= 15 is 0 Å². The Balaban J connectivity index is 1.71. The van der Waals surface area contributed by atoms with Crippen molar-refractivity contribution in [2.45, 2.75) is 18.9 Å². The van der Waals surface area contributed by atoms with Gasteiger partial charge in [0.25, 0.3) is 0 Å². The molecule has 0 bridgehead atoms. The zero-order chi connectivity index (χ0) is 14.4. The Labute approximate surface area is 116 Å². The molecule has 2 rings (SSSR count). The van der Waals surface area contributed by atoms with Gasteiger partial charge >= 0.3 is 0 Å². The van der Waals surface area contributed by atoms with E-state index in [4.69, 9.17) is 4.42 Å². The normalized spacial score (nSPS) is 12.1. The second kappa shape index (κ2) is 6.86. The second-order valence-electron chi connectivity index (χ2n) is 4.51. The molecule has 0 aliphatic rings. The first kappa shape index (κ1) is 14.3. The van der Waals surface area contributed by atoms with Gasteiger partial charge in [0.05, 0.1) is 25.1 Å². The summed E-state index contributed by atoms with van der Waals surface area (Å²) in [7, 11) is 0. The SMILES string of the molecule is O=C(Cc1ccc(F)cc1)NCCC(O)c1ccoc1. The van der Waals surface area contributed by atoms with Crippen molar-refractivity contribution in [1.82, 2.24) is 5.32 Å². The Morgan fingerprint density at radius 3 is 2.70 bits per heavy atom. The van der Waals surface area contributed by atoms with E-state index in [9.17, 15) is 14.3 Å². The first-order valence-electron chi connectivity index (χ1n) is 6.36. The number of furan rings is 1. The maximum Gasteiger partial charge on any atom is 0.224 e. The lowest BCUT2D eigenvalue weighted by Gasteiger charge is -2.09. The van der Waals surface area contributed by atoms with Crippen molar-refractivity contribution < 1.29 is 18.7 Å². The highest BCUT2D eigenvalue weighted by molar-refractivity contribution is 5.78. The lowest BCUT2D eigenvalue weighted by Crippen LogP contribution is -2.27. The summed E-state index contributed by atoms with van der Waals surface area (Å²) in [5, 5.41) is 12.5. The van der Waals surface area contributed by atoms with Crippen molar-refractivity contribution in [3.8, 4) is 0 Å². The number of hydrogen-bond acceptors (Lipinski definition) is 3. The van der Waals surface area contributed by atoms with E-state index in [0.29, 0.717) is 18.5 Å². The summed E-state index contributed by atoms with van der Waals surface area (Å²) >= 11 is 0. The van der Waals surface area contributed by atoms with Crippen LogP contribution in [0.2, 0.25) is 0 Å². The summed E-state index contributed by atoms with van der Waals surface area (Å²) in [6.07, 6.45) is 2.92. The smallest absolute Gasteiger partial charge is 0.224 e. The number of carbonyl (C=O) groups is 1. The minimum atomic E-state index is -0.653.